The maximum Gasteiger partial charge on any atom is 0.119 e. The van der Waals surface area contributed by atoms with Crippen LogP contribution in [0.2, 0.25) is 0 Å². The first-order valence-corrected chi connectivity index (χ1v) is 9.61. The molecular weight excluding hydrogens is 272 g/mol. The summed E-state index contributed by atoms with van der Waals surface area (Å²) < 4.78 is 6.52. The number of rotatable bonds is 1. The fourth-order valence-electron chi connectivity index (χ4n) is 7.43. The van der Waals surface area contributed by atoms with E-state index in [1.807, 2.05) is 6.92 Å². The minimum atomic E-state index is -0.155. The Bertz CT molecular complexity index is 538. The van der Waals surface area contributed by atoms with E-state index in [0.29, 0.717) is 11.3 Å². The summed E-state index contributed by atoms with van der Waals surface area (Å²) in [5.74, 6) is 2.02. The summed E-state index contributed by atoms with van der Waals surface area (Å²) in [6.07, 6.45) is 14.0. The van der Waals surface area contributed by atoms with Gasteiger partial charge < -0.3 is 9.84 Å². The molecule has 122 valence electrons. The first-order chi connectivity index (χ1) is 10.5. The highest BCUT2D eigenvalue weighted by atomic mass is 16.6. The average molecular weight is 302 g/mol. The minimum Gasteiger partial charge on any atom is -0.393 e. The van der Waals surface area contributed by atoms with E-state index in [4.69, 9.17) is 4.74 Å². The van der Waals surface area contributed by atoms with Gasteiger partial charge in [-0.3, -0.25) is 0 Å². The number of aliphatic hydroxyl groups excluding tert-OH is 1. The molecule has 0 amide bonds. The van der Waals surface area contributed by atoms with Crippen molar-refractivity contribution in [1.29, 1.82) is 0 Å². The van der Waals surface area contributed by atoms with Crippen LogP contribution in [0, 0.1) is 23.2 Å². The molecule has 0 aromatic carbocycles. The second kappa shape index (κ2) is 4.19. The molecule has 0 aromatic rings. The lowest BCUT2D eigenvalue weighted by atomic mass is 9.53. The Kier molecular flexibility index (Phi) is 2.67. The molecule has 2 nitrogen and oxygen atoms in total. The quantitative estimate of drug-likeness (QED) is 0.581. The normalized spacial score (nSPS) is 57.0. The highest BCUT2D eigenvalue weighted by molar-refractivity contribution is 5.42. The average Bonchev–Trinajstić information content (AvgIpc) is 3.07. The lowest BCUT2D eigenvalue weighted by Crippen LogP contribution is -2.47. The monoisotopic (exact) mass is 302 g/mol. The van der Waals surface area contributed by atoms with Crippen LogP contribution >= 0.6 is 0 Å². The standard InChI is InChI=1S/C20H30O2/c1-13(21)15-5-6-16-14-7-12-19-9-3-4-10-20(19,22-19)17(14)8-11-18(15,16)2/h8,13-16,21H,3-7,9-12H2,1-2H3/t13?,14-,15+,16-,18+,19?,20+/m0/s1. The fourth-order valence-corrected chi connectivity index (χ4v) is 7.43. The predicted octanol–water partition coefficient (Wildman–Crippen LogP) is 4.22. The van der Waals surface area contributed by atoms with Gasteiger partial charge in [0, 0.05) is 0 Å². The van der Waals surface area contributed by atoms with Crippen LogP contribution in [0.25, 0.3) is 0 Å². The molecule has 1 aliphatic heterocycles. The van der Waals surface area contributed by atoms with Gasteiger partial charge in [-0.2, -0.15) is 0 Å². The van der Waals surface area contributed by atoms with Gasteiger partial charge in [-0.15, -0.1) is 0 Å². The van der Waals surface area contributed by atoms with Crippen molar-refractivity contribution in [3.8, 4) is 0 Å². The van der Waals surface area contributed by atoms with Crippen molar-refractivity contribution in [2.75, 3.05) is 0 Å². The van der Waals surface area contributed by atoms with E-state index in [1.165, 1.54) is 57.8 Å². The van der Waals surface area contributed by atoms with Crippen molar-refractivity contribution in [2.45, 2.75) is 88.9 Å². The largest absolute Gasteiger partial charge is 0.393 e. The zero-order chi connectivity index (χ0) is 15.2. The van der Waals surface area contributed by atoms with Gasteiger partial charge in [0.25, 0.3) is 0 Å². The summed E-state index contributed by atoms with van der Waals surface area (Å²) in [6, 6.07) is 0. The Morgan fingerprint density at radius 3 is 2.82 bits per heavy atom. The van der Waals surface area contributed by atoms with Crippen LogP contribution in [-0.2, 0) is 4.74 Å². The van der Waals surface area contributed by atoms with E-state index in [2.05, 4.69) is 13.0 Å². The summed E-state index contributed by atoms with van der Waals surface area (Å²) in [4.78, 5) is 0. The van der Waals surface area contributed by atoms with Crippen molar-refractivity contribution >= 4 is 0 Å². The van der Waals surface area contributed by atoms with Gasteiger partial charge in [0.05, 0.1) is 6.10 Å². The Morgan fingerprint density at radius 1 is 1.18 bits per heavy atom. The minimum absolute atomic E-state index is 0.155. The van der Waals surface area contributed by atoms with Crippen LogP contribution in [0.1, 0.15) is 71.6 Å². The third-order valence-corrected chi connectivity index (χ3v) is 8.46. The van der Waals surface area contributed by atoms with Gasteiger partial charge in [-0.05, 0) is 80.6 Å². The van der Waals surface area contributed by atoms with E-state index < -0.39 is 0 Å². The zero-order valence-corrected chi connectivity index (χ0v) is 14.1. The van der Waals surface area contributed by atoms with Gasteiger partial charge in [-0.1, -0.05) is 25.8 Å². The maximum atomic E-state index is 10.3. The number of epoxide rings is 1. The molecule has 1 heterocycles. The molecule has 0 spiro atoms. The Labute approximate surface area is 134 Å². The molecule has 5 aliphatic rings. The molecule has 4 aliphatic carbocycles. The first kappa shape index (κ1) is 14.0. The summed E-state index contributed by atoms with van der Waals surface area (Å²) in [5, 5.41) is 10.3. The molecule has 4 fully saturated rings. The SMILES string of the molecule is CC(O)[C@H]1CC[C@H]2[C@@H]3CCC45CCCC[C@@]4(O5)C3=CC[C@]12C. The molecule has 3 saturated carbocycles. The van der Waals surface area contributed by atoms with Gasteiger partial charge in [0.1, 0.15) is 11.2 Å². The molecule has 2 unspecified atom stereocenters. The highest BCUT2D eigenvalue weighted by Crippen LogP contribution is 2.72. The van der Waals surface area contributed by atoms with Crippen molar-refractivity contribution < 1.29 is 9.84 Å². The van der Waals surface area contributed by atoms with E-state index in [-0.39, 0.29) is 17.3 Å². The van der Waals surface area contributed by atoms with Crippen LogP contribution in [0.4, 0.5) is 0 Å². The van der Waals surface area contributed by atoms with E-state index in [9.17, 15) is 5.11 Å². The maximum absolute atomic E-state index is 10.3. The second-order valence-electron chi connectivity index (χ2n) is 9.18. The van der Waals surface area contributed by atoms with Crippen LogP contribution in [0.3, 0.4) is 0 Å². The molecule has 7 atom stereocenters. The molecule has 0 aromatic heterocycles. The number of aliphatic hydroxyl groups is 1. The molecule has 22 heavy (non-hydrogen) atoms. The van der Waals surface area contributed by atoms with Gasteiger partial charge in [0.2, 0.25) is 0 Å². The predicted molar refractivity (Wildman–Crippen MR) is 86.4 cm³/mol. The lowest BCUT2D eigenvalue weighted by Gasteiger charge is -2.49. The number of ether oxygens (including phenoxy) is 1. The summed E-state index contributed by atoms with van der Waals surface area (Å²) in [6.45, 7) is 4.47. The topological polar surface area (TPSA) is 32.8 Å². The molecule has 1 N–H and O–H groups in total. The van der Waals surface area contributed by atoms with Crippen LogP contribution in [0.5, 0.6) is 0 Å². The van der Waals surface area contributed by atoms with Crippen molar-refractivity contribution in [1.82, 2.24) is 0 Å². The van der Waals surface area contributed by atoms with Gasteiger partial charge >= 0.3 is 0 Å². The van der Waals surface area contributed by atoms with Crippen LogP contribution < -0.4 is 0 Å². The molecule has 5 rings (SSSR count). The summed E-state index contributed by atoms with van der Waals surface area (Å²) >= 11 is 0. The molecule has 2 heteroatoms. The molecule has 1 saturated heterocycles. The van der Waals surface area contributed by atoms with E-state index in [1.54, 1.807) is 5.57 Å². The lowest BCUT2D eigenvalue weighted by molar-refractivity contribution is 0.0167. The third-order valence-electron chi connectivity index (χ3n) is 8.46. The fraction of sp³-hybridized carbons (Fsp3) is 0.900. The zero-order valence-electron chi connectivity index (χ0n) is 14.1. The summed E-state index contributed by atoms with van der Waals surface area (Å²) in [7, 11) is 0. The number of hydrogen-bond donors (Lipinski definition) is 1. The van der Waals surface area contributed by atoms with Gasteiger partial charge in [0.15, 0.2) is 0 Å². The molecule has 0 bridgehead atoms. The first-order valence-electron chi connectivity index (χ1n) is 9.61. The number of fused-ring (bicyclic) bond motifs is 3. The van der Waals surface area contributed by atoms with Crippen LogP contribution in [-0.4, -0.2) is 22.4 Å². The molecular formula is C20H30O2. The Hall–Kier alpha value is -0.340. The smallest absolute Gasteiger partial charge is 0.119 e. The van der Waals surface area contributed by atoms with Crippen molar-refractivity contribution in [3.05, 3.63) is 11.6 Å². The molecule has 0 radical (unpaired) electrons. The number of hydrogen-bond acceptors (Lipinski definition) is 2. The van der Waals surface area contributed by atoms with Gasteiger partial charge in [-0.25, -0.2) is 0 Å². The Morgan fingerprint density at radius 2 is 2.00 bits per heavy atom. The van der Waals surface area contributed by atoms with Crippen molar-refractivity contribution in [3.63, 3.8) is 0 Å². The van der Waals surface area contributed by atoms with E-state index in [0.717, 1.165) is 11.8 Å². The third kappa shape index (κ3) is 1.45. The van der Waals surface area contributed by atoms with Crippen molar-refractivity contribution in [2.24, 2.45) is 23.2 Å². The Balaban J connectivity index is 1.53. The summed E-state index contributed by atoms with van der Waals surface area (Å²) in [5.41, 5.74) is 2.44. The van der Waals surface area contributed by atoms with E-state index >= 15 is 0 Å². The number of allylic oxidation sites excluding steroid dienone is 1. The second-order valence-corrected chi connectivity index (χ2v) is 9.18. The highest BCUT2D eigenvalue weighted by Gasteiger charge is 2.75. The van der Waals surface area contributed by atoms with Crippen LogP contribution in [0.15, 0.2) is 11.6 Å².